The summed E-state index contributed by atoms with van der Waals surface area (Å²) in [4.78, 5) is 11.5. The molecule has 0 aromatic heterocycles. The van der Waals surface area contributed by atoms with Gasteiger partial charge in [0.15, 0.2) is 11.5 Å². The smallest absolute Gasteiger partial charge is 0.319 e. The van der Waals surface area contributed by atoms with E-state index < -0.39 is 0 Å². The highest BCUT2D eigenvalue weighted by atomic mass is 16.7. The maximum Gasteiger partial charge on any atom is 0.319 e. The van der Waals surface area contributed by atoms with Gasteiger partial charge in [-0.1, -0.05) is 0 Å². The van der Waals surface area contributed by atoms with Crippen LogP contribution in [0.15, 0.2) is 18.2 Å². The Hall–Kier alpha value is -1.95. The number of anilines is 1. The molecule has 1 aromatic rings. The van der Waals surface area contributed by atoms with Crippen LogP contribution in [0.1, 0.15) is 6.92 Å². The highest BCUT2D eigenvalue weighted by Crippen LogP contribution is 2.34. The van der Waals surface area contributed by atoms with Crippen molar-refractivity contribution in [2.24, 2.45) is 0 Å². The van der Waals surface area contributed by atoms with Gasteiger partial charge >= 0.3 is 6.03 Å². The zero-order chi connectivity index (χ0) is 12.3. The molecular weight excluding hydrogens is 224 g/mol. The van der Waals surface area contributed by atoms with E-state index in [2.05, 4.69) is 10.6 Å². The number of hydrogen-bond acceptors (Lipinski definition) is 4. The lowest BCUT2D eigenvalue weighted by Crippen LogP contribution is -2.38. The molecule has 92 valence electrons. The molecule has 0 aliphatic carbocycles. The third kappa shape index (κ3) is 2.79. The average molecular weight is 238 g/mol. The van der Waals surface area contributed by atoms with Gasteiger partial charge in [-0.25, -0.2) is 4.79 Å². The van der Waals surface area contributed by atoms with Gasteiger partial charge in [0.2, 0.25) is 6.79 Å². The Morgan fingerprint density at radius 2 is 2.24 bits per heavy atom. The Labute approximate surface area is 98.5 Å². The van der Waals surface area contributed by atoms with Crippen molar-refractivity contribution in [3.8, 4) is 11.5 Å². The van der Waals surface area contributed by atoms with Crippen LogP contribution in [0.4, 0.5) is 10.5 Å². The van der Waals surface area contributed by atoms with Gasteiger partial charge in [0.1, 0.15) is 0 Å². The topological polar surface area (TPSA) is 79.8 Å². The van der Waals surface area contributed by atoms with Gasteiger partial charge in [-0.05, 0) is 19.1 Å². The van der Waals surface area contributed by atoms with Crippen molar-refractivity contribution in [3.05, 3.63) is 18.2 Å². The molecule has 2 rings (SSSR count). The first kappa shape index (κ1) is 11.5. The van der Waals surface area contributed by atoms with Crippen molar-refractivity contribution in [1.82, 2.24) is 5.32 Å². The van der Waals surface area contributed by atoms with Crippen LogP contribution in [0.5, 0.6) is 11.5 Å². The van der Waals surface area contributed by atoms with E-state index in [9.17, 15) is 4.79 Å². The van der Waals surface area contributed by atoms with E-state index in [-0.39, 0.29) is 25.5 Å². The Morgan fingerprint density at radius 3 is 3.00 bits per heavy atom. The molecule has 0 spiro atoms. The highest BCUT2D eigenvalue weighted by molar-refractivity contribution is 5.89. The minimum absolute atomic E-state index is 0.103. The molecule has 0 fully saturated rings. The van der Waals surface area contributed by atoms with Gasteiger partial charge in [-0.3, -0.25) is 0 Å². The predicted octanol–water partition coefficient (Wildman–Crippen LogP) is 0.918. The summed E-state index contributed by atoms with van der Waals surface area (Å²) in [6.07, 6.45) is 0. The van der Waals surface area contributed by atoms with Crippen LogP contribution in [-0.2, 0) is 0 Å². The summed E-state index contributed by atoms with van der Waals surface area (Å²) >= 11 is 0. The first-order valence-corrected chi connectivity index (χ1v) is 5.27. The maximum absolute atomic E-state index is 11.5. The quantitative estimate of drug-likeness (QED) is 0.731. The van der Waals surface area contributed by atoms with Gasteiger partial charge in [-0.15, -0.1) is 0 Å². The lowest BCUT2D eigenvalue weighted by molar-refractivity contribution is 0.174. The van der Waals surface area contributed by atoms with Gasteiger partial charge in [0, 0.05) is 11.8 Å². The van der Waals surface area contributed by atoms with E-state index in [0.717, 1.165) is 0 Å². The van der Waals surface area contributed by atoms with Crippen molar-refractivity contribution < 1.29 is 19.4 Å². The minimum Gasteiger partial charge on any atom is -0.454 e. The molecule has 0 radical (unpaired) electrons. The lowest BCUT2D eigenvalue weighted by atomic mass is 10.3. The molecule has 3 N–H and O–H groups in total. The molecule has 1 unspecified atom stereocenters. The monoisotopic (exact) mass is 238 g/mol. The number of rotatable bonds is 3. The summed E-state index contributed by atoms with van der Waals surface area (Å²) in [5.41, 5.74) is 0.608. The Kier molecular flexibility index (Phi) is 3.34. The number of hydrogen-bond donors (Lipinski definition) is 3. The van der Waals surface area contributed by atoms with Crippen LogP contribution >= 0.6 is 0 Å². The maximum atomic E-state index is 11.5. The molecule has 1 aliphatic heterocycles. The van der Waals surface area contributed by atoms with Crippen molar-refractivity contribution in [2.45, 2.75) is 13.0 Å². The molecule has 2 amide bonds. The number of carbonyl (C=O) groups is 1. The van der Waals surface area contributed by atoms with E-state index in [4.69, 9.17) is 14.6 Å². The zero-order valence-electron chi connectivity index (χ0n) is 9.40. The fourth-order valence-electron chi connectivity index (χ4n) is 1.41. The van der Waals surface area contributed by atoms with Gasteiger partial charge in [0.25, 0.3) is 0 Å². The van der Waals surface area contributed by atoms with Crippen LogP contribution < -0.4 is 20.1 Å². The SMILES string of the molecule is CC(CO)NC(=O)Nc1ccc2c(c1)OCO2. The molecule has 17 heavy (non-hydrogen) atoms. The largest absolute Gasteiger partial charge is 0.454 e. The summed E-state index contributed by atoms with van der Waals surface area (Å²) in [6.45, 7) is 1.81. The lowest BCUT2D eigenvalue weighted by Gasteiger charge is -2.12. The van der Waals surface area contributed by atoms with Gasteiger partial charge in [0.05, 0.1) is 12.6 Å². The summed E-state index contributed by atoms with van der Waals surface area (Å²) in [6, 6.07) is 4.48. The predicted molar refractivity (Wildman–Crippen MR) is 61.3 cm³/mol. The fourth-order valence-corrected chi connectivity index (χ4v) is 1.41. The van der Waals surface area contributed by atoms with Crippen LogP contribution in [0.2, 0.25) is 0 Å². The number of ether oxygens (including phenoxy) is 2. The Balaban J connectivity index is 1.97. The summed E-state index contributed by atoms with van der Waals surface area (Å²) in [5.74, 6) is 1.28. The van der Waals surface area contributed by atoms with E-state index in [1.54, 1.807) is 25.1 Å². The number of urea groups is 1. The molecule has 1 aromatic carbocycles. The fraction of sp³-hybridized carbons (Fsp3) is 0.364. The molecular formula is C11H14N2O4. The van der Waals surface area contributed by atoms with E-state index in [1.165, 1.54) is 0 Å². The van der Waals surface area contributed by atoms with E-state index >= 15 is 0 Å². The second-order valence-corrected chi connectivity index (χ2v) is 3.75. The number of fused-ring (bicyclic) bond motifs is 1. The third-order valence-electron chi connectivity index (χ3n) is 2.28. The second kappa shape index (κ2) is 4.92. The minimum atomic E-state index is -0.370. The van der Waals surface area contributed by atoms with Crippen LogP contribution in [0, 0.1) is 0 Å². The van der Waals surface area contributed by atoms with Gasteiger partial charge in [-0.2, -0.15) is 0 Å². The van der Waals surface area contributed by atoms with Crippen molar-refractivity contribution in [3.63, 3.8) is 0 Å². The van der Waals surface area contributed by atoms with E-state index in [1.807, 2.05) is 0 Å². The number of benzene rings is 1. The molecule has 1 atom stereocenters. The molecule has 6 nitrogen and oxygen atoms in total. The number of nitrogens with one attached hydrogen (secondary N) is 2. The molecule has 6 heteroatoms. The summed E-state index contributed by atoms with van der Waals surface area (Å²) < 4.78 is 10.3. The second-order valence-electron chi connectivity index (χ2n) is 3.75. The third-order valence-corrected chi connectivity index (χ3v) is 2.28. The van der Waals surface area contributed by atoms with E-state index in [0.29, 0.717) is 17.2 Å². The number of aliphatic hydroxyl groups is 1. The van der Waals surface area contributed by atoms with Crippen molar-refractivity contribution in [1.29, 1.82) is 0 Å². The summed E-state index contributed by atoms with van der Waals surface area (Å²) in [7, 11) is 0. The highest BCUT2D eigenvalue weighted by Gasteiger charge is 2.14. The van der Waals surface area contributed by atoms with Crippen molar-refractivity contribution in [2.75, 3.05) is 18.7 Å². The number of aliphatic hydroxyl groups excluding tert-OH is 1. The first-order valence-electron chi connectivity index (χ1n) is 5.27. The number of carbonyl (C=O) groups excluding carboxylic acids is 1. The normalized spacial score (nSPS) is 14.2. The standard InChI is InChI=1S/C11H14N2O4/c1-7(5-14)12-11(15)13-8-2-3-9-10(4-8)17-6-16-9/h2-4,7,14H,5-6H2,1H3,(H2,12,13,15). The van der Waals surface area contributed by atoms with Gasteiger partial charge < -0.3 is 25.2 Å². The molecule has 0 bridgehead atoms. The van der Waals surface area contributed by atoms with Crippen LogP contribution in [-0.4, -0.2) is 30.6 Å². The van der Waals surface area contributed by atoms with Crippen LogP contribution in [0.3, 0.4) is 0 Å². The Morgan fingerprint density at radius 1 is 1.47 bits per heavy atom. The van der Waals surface area contributed by atoms with Crippen molar-refractivity contribution >= 4 is 11.7 Å². The Bertz CT molecular complexity index is 422. The zero-order valence-corrected chi connectivity index (χ0v) is 9.40. The molecule has 1 heterocycles. The first-order chi connectivity index (χ1) is 8.19. The summed E-state index contributed by atoms with van der Waals surface area (Å²) in [5, 5.41) is 14.0. The average Bonchev–Trinajstić information content (AvgIpc) is 2.75. The molecule has 0 saturated heterocycles. The molecule has 1 aliphatic rings. The molecule has 0 saturated carbocycles. The van der Waals surface area contributed by atoms with Crippen LogP contribution in [0.25, 0.3) is 0 Å². The number of amides is 2.